The monoisotopic (exact) mass is 214 g/mol. The predicted molar refractivity (Wildman–Crippen MR) is 54.2 cm³/mol. The fourth-order valence-electron chi connectivity index (χ4n) is 0.939. The lowest BCUT2D eigenvalue weighted by Crippen LogP contribution is -2.03. The third-order valence-corrected chi connectivity index (χ3v) is 1.68. The molecule has 0 heterocycles. The van der Waals surface area contributed by atoms with Gasteiger partial charge in [-0.15, -0.1) is 0 Å². The molecule has 2 radical (unpaired) electrons. The molecule has 0 aliphatic rings. The van der Waals surface area contributed by atoms with Gasteiger partial charge < -0.3 is 0 Å². The van der Waals surface area contributed by atoms with Gasteiger partial charge in [-0.1, -0.05) is 23.0 Å². The highest BCUT2D eigenvalue weighted by atomic mass is 32.1. The Balaban J connectivity index is 2.95. The average molecular weight is 214 g/mol. The van der Waals surface area contributed by atoms with Crippen LogP contribution >= 0.6 is 12.6 Å². The van der Waals surface area contributed by atoms with Crippen LogP contribution in [0.4, 0.5) is 13.2 Å². The summed E-state index contributed by atoms with van der Waals surface area (Å²) in [5.41, 5.74) is -0.0853. The summed E-state index contributed by atoms with van der Waals surface area (Å²) >= 11 is 3.81. The molecule has 0 fully saturated rings. The summed E-state index contributed by atoms with van der Waals surface area (Å²) in [6.07, 6.45) is -2.82. The van der Waals surface area contributed by atoms with Gasteiger partial charge in [0, 0.05) is 0 Å². The van der Waals surface area contributed by atoms with Crippen molar-refractivity contribution in [3.8, 4) is 0 Å². The molecule has 1 rings (SSSR count). The van der Waals surface area contributed by atoms with E-state index in [1.165, 1.54) is 18.2 Å². The van der Waals surface area contributed by atoms with Gasteiger partial charge in [0.1, 0.15) is 7.85 Å². The summed E-state index contributed by atoms with van der Waals surface area (Å²) in [5, 5.41) is 0. The molecule has 1 aromatic carbocycles. The average Bonchev–Trinajstić information content (AvgIpc) is 2.02. The predicted octanol–water partition coefficient (Wildman–Crippen LogP) is 3.10. The zero-order valence-electron chi connectivity index (χ0n) is 7.05. The molecule has 0 saturated heterocycles. The van der Waals surface area contributed by atoms with Gasteiger partial charge in [0.15, 0.2) is 0 Å². The van der Waals surface area contributed by atoms with Crippen LogP contribution in [-0.4, -0.2) is 7.85 Å². The minimum Gasteiger partial charge on any atom is -0.166 e. The Morgan fingerprint density at radius 1 is 1.21 bits per heavy atom. The molecule has 0 aromatic heterocycles. The Morgan fingerprint density at radius 3 is 2.07 bits per heavy atom. The van der Waals surface area contributed by atoms with E-state index in [4.69, 9.17) is 7.85 Å². The van der Waals surface area contributed by atoms with Gasteiger partial charge in [0.05, 0.1) is 5.56 Å². The van der Waals surface area contributed by atoms with Crippen LogP contribution in [0.25, 0.3) is 6.08 Å². The van der Waals surface area contributed by atoms with Crippen molar-refractivity contribution in [2.24, 2.45) is 0 Å². The summed E-state index contributed by atoms with van der Waals surface area (Å²) in [7, 11) is 5.25. The van der Waals surface area contributed by atoms with Gasteiger partial charge in [-0.25, -0.2) is 0 Å². The molecule has 5 heteroatoms. The third-order valence-electron chi connectivity index (χ3n) is 1.55. The molecule has 0 atom stereocenters. The van der Waals surface area contributed by atoms with E-state index in [1.807, 2.05) is 0 Å². The van der Waals surface area contributed by atoms with Crippen LogP contribution in [0.2, 0.25) is 0 Å². The number of hydrogen-bond acceptors (Lipinski definition) is 1. The Labute approximate surface area is 86.6 Å². The fraction of sp³-hybridized carbons (Fsp3) is 0.111. The Kier molecular flexibility index (Phi) is 3.31. The molecule has 14 heavy (non-hydrogen) atoms. The lowest BCUT2D eigenvalue weighted by Gasteiger charge is -2.05. The van der Waals surface area contributed by atoms with E-state index >= 15 is 0 Å². The normalized spacial score (nSPS) is 13.0. The second-order valence-electron chi connectivity index (χ2n) is 2.69. The molecule has 1 aromatic rings. The van der Waals surface area contributed by atoms with E-state index in [2.05, 4.69) is 12.6 Å². The van der Waals surface area contributed by atoms with Crippen molar-refractivity contribution in [2.75, 3.05) is 0 Å². The molecule has 0 nitrogen and oxygen atoms in total. The first kappa shape index (κ1) is 11.2. The van der Waals surface area contributed by atoms with Crippen LogP contribution in [-0.2, 0) is 6.18 Å². The smallest absolute Gasteiger partial charge is 0.166 e. The number of alkyl halides is 3. The van der Waals surface area contributed by atoms with Gasteiger partial charge in [0.25, 0.3) is 0 Å². The molecule has 0 aliphatic carbocycles. The van der Waals surface area contributed by atoms with Crippen molar-refractivity contribution in [1.29, 1.82) is 0 Å². The van der Waals surface area contributed by atoms with E-state index in [-0.39, 0.29) is 4.80 Å². The second kappa shape index (κ2) is 4.13. The van der Waals surface area contributed by atoms with Crippen LogP contribution in [0.15, 0.2) is 29.1 Å². The van der Waals surface area contributed by atoms with E-state index < -0.39 is 11.7 Å². The Hall–Kier alpha value is -0.835. The van der Waals surface area contributed by atoms with E-state index in [1.54, 1.807) is 0 Å². The zero-order valence-corrected chi connectivity index (χ0v) is 7.94. The van der Waals surface area contributed by atoms with E-state index in [9.17, 15) is 13.2 Å². The van der Waals surface area contributed by atoms with Crippen LogP contribution in [0.5, 0.6) is 0 Å². The van der Waals surface area contributed by atoms with Gasteiger partial charge in [-0.3, -0.25) is 0 Å². The minimum absolute atomic E-state index is 0.254. The van der Waals surface area contributed by atoms with Crippen molar-refractivity contribution < 1.29 is 13.2 Å². The van der Waals surface area contributed by atoms with Gasteiger partial charge in [-0.2, -0.15) is 25.8 Å². The van der Waals surface area contributed by atoms with E-state index in [0.29, 0.717) is 5.56 Å². The van der Waals surface area contributed by atoms with Crippen molar-refractivity contribution in [2.45, 2.75) is 6.18 Å². The molecule has 0 saturated carbocycles. The lowest BCUT2D eigenvalue weighted by atomic mass is 10.1. The fourth-order valence-corrected chi connectivity index (χ4v) is 1.09. The minimum atomic E-state index is -4.30. The maximum absolute atomic E-state index is 12.1. The SMILES string of the molecule is [B]/C(S)=C/c1ccc(C(F)(F)F)cc1. The molecule has 0 N–H and O–H groups in total. The largest absolute Gasteiger partial charge is 0.416 e. The van der Waals surface area contributed by atoms with Crippen LogP contribution < -0.4 is 0 Å². The van der Waals surface area contributed by atoms with Crippen LogP contribution in [0, 0.1) is 0 Å². The molecule has 72 valence electrons. The molecule has 0 spiro atoms. The first-order chi connectivity index (χ1) is 6.39. The van der Waals surface area contributed by atoms with Crippen molar-refractivity contribution in [1.82, 2.24) is 0 Å². The number of halogens is 3. The molecular formula is C9H6BF3S. The maximum Gasteiger partial charge on any atom is 0.416 e. The first-order valence-corrected chi connectivity index (χ1v) is 4.18. The number of hydrogen-bond donors (Lipinski definition) is 1. The zero-order chi connectivity index (χ0) is 10.8. The molecule has 0 amide bonds. The van der Waals surface area contributed by atoms with Gasteiger partial charge in [-0.05, 0) is 17.7 Å². The lowest BCUT2D eigenvalue weighted by molar-refractivity contribution is -0.137. The standard InChI is InChI=1S/C9H6BF3S/c10-8(14)5-6-1-3-7(4-2-6)9(11,12)13/h1-5,14H/b8-5-. The number of thiol groups is 1. The maximum atomic E-state index is 12.1. The summed E-state index contributed by atoms with van der Waals surface area (Å²) < 4.78 is 36.4. The molecular weight excluding hydrogens is 208 g/mol. The third kappa shape index (κ3) is 3.14. The van der Waals surface area contributed by atoms with Crippen LogP contribution in [0.3, 0.4) is 0 Å². The van der Waals surface area contributed by atoms with Crippen LogP contribution in [0.1, 0.15) is 11.1 Å². The van der Waals surface area contributed by atoms with Gasteiger partial charge >= 0.3 is 6.18 Å². The number of rotatable bonds is 1. The quantitative estimate of drug-likeness (QED) is 0.538. The van der Waals surface area contributed by atoms with E-state index in [0.717, 1.165) is 12.1 Å². The second-order valence-corrected chi connectivity index (χ2v) is 3.21. The topological polar surface area (TPSA) is 0 Å². The summed E-state index contributed by atoms with van der Waals surface area (Å²) in [6.45, 7) is 0. The molecule has 0 unspecified atom stereocenters. The van der Waals surface area contributed by atoms with Crippen molar-refractivity contribution in [3.05, 3.63) is 40.2 Å². The van der Waals surface area contributed by atoms with Crippen molar-refractivity contribution in [3.63, 3.8) is 0 Å². The highest BCUT2D eigenvalue weighted by Gasteiger charge is 2.29. The summed E-state index contributed by atoms with van der Waals surface area (Å²) in [6, 6.07) is 4.68. The molecule has 0 bridgehead atoms. The summed E-state index contributed by atoms with van der Waals surface area (Å²) in [5.74, 6) is 0. The van der Waals surface area contributed by atoms with Crippen molar-refractivity contribution >= 4 is 26.6 Å². The highest BCUT2D eigenvalue weighted by molar-refractivity contribution is 7.86. The van der Waals surface area contributed by atoms with Gasteiger partial charge in [0.2, 0.25) is 0 Å². The first-order valence-electron chi connectivity index (χ1n) is 3.73. The Morgan fingerprint density at radius 2 is 1.71 bits per heavy atom. The Bertz CT molecular complexity index is 336. The molecule has 0 aliphatic heterocycles. The number of benzene rings is 1. The summed E-state index contributed by atoms with van der Waals surface area (Å²) in [4.78, 5) is 0.254. The highest BCUT2D eigenvalue weighted by Crippen LogP contribution is 2.29.